The van der Waals surface area contributed by atoms with E-state index in [0.29, 0.717) is 39.1 Å². The predicted octanol–water partition coefficient (Wildman–Crippen LogP) is 2.61. The van der Waals surface area contributed by atoms with Crippen molar-refractivity contribution in [3.8, 4) is 0 Å². The first-order chi connectivity index (χ1) is 12.3. The maximum Gasteiger partial charge on any atom is 0.317 e. The molecule has 0 unspecified atom stereocenters. The van der Waals surface area contributed by atoms with Crippen LogP contribution in [0.3, 0.4) is 0 Å². The number of hydrogen-bond acceptors (Lipinski definition) is 2. The van der Waals surface area contributed by atoms with Crippen molar-refractivity contribution in [2.24, 2.45) is 5.41 Å². The lowest BCUT2D eigenvalue weighted by molar-refractivity contribution is -0.131. The van der Waals surface area contributed by atoms with E-state index in [1.807, 2.05) is 35.4 Å². The third kappa shape index (κ3) is 4.36. The van der Waals surface area contributed by atoms with E-state index in [-0.39, 0.29) is 17.4 Å². The van der Waals surface area contributed by atoms with Crippen molar-refractivity contribution in [3.63, 3.8) is 0 Å². The average molecular weight is 356 g/mol. The Morgan fingerprint density at radius 2 is 1.73 bits per heavy atom. The molecular formula is C20H28N4O2. The molecular weight excluding hydrogens is 328 g/mol. The Balaban J connectivity index is 1.51. The highest BCUT2D eigenvalue weighted by Gasteiger charge is 2.25. The molecule has 0 atom stereocenters. The van der Waals surface area contributed by atoms with Crippen molar-refractivity contribution in [2.45, 2.75) is 27.2 Å². The smallest absolute Gasteiger partial charge is 0.317 e. The van der Waals surface area contributed by atoms with Crippen LogP contribution in [-0.2, 0) is 11.2 Å². The van der Waals surface area contributed by atoms with Crippen molar-refractivity contribution in [1.82, 2.24) is 20.1 Å². The van der Waals surface area contributed by atoms with Gasteiger partial charge < -0.3 is 20.1 Å². The molecule has 6 nitrogen and oxygen atoms in total. The number of nitrogens with one attached hydrogen (secondary N) is 2. The molecule has 0 aliphatic carbocycles. The maximum atomic E-state index is 12.6. The van der Waals surface area contributed by atoms with Crippen LogP contribution in [0.2, 0.25) is 0 Å². The number of piperazine rings is 1. The normalized spacial score (nSPS) is 15.3. The van der Waals surface area contributed by atoms with Crippen LogP contribution in [-0.4, -0.2) is 59.4 Å². The van der Waals surface area contributed by atoms with E-state index >= 15 is 0 Å². The van der Waals surface area contributed by atoms with Gasteiger partial charge >= 0.3 is 6.03 Å². The van der Waals surface area contributed by atoms with Gasteiger partial charge in [-0.3, -0.25) is 4.79 Å². The van der Waals surface area contributed by atoms with Gasteiger partial charge in [0.05, 0.1) is 6.42 Å². The molecule has 0 saturated carbocycles. The summed E-state index contributed by atoms with van der Waals surface area (Å²) in [5, 5.41) is 4.07. The summed E-state index contributed by atoms with van der Waals surface area (Å²) in [4.78, 5) is 31.7. The molecule has 140 valence electrons. The molecule has 6 heteroatoms. The van der Waals surface area contributed by atoms with Crippen LogP contribution in [0, 0.1) is 5.41 Å². The Labute approximate surface area is 154 Å². The van der Waals surface area contributed by atoms with Gasteiger partial charge in [-0.2, -0.15) is 0 Å². The van der Waals surface area contributed by atoms with Gasteiger partial charge in [-0.25, -0.2) is 4.79 Å². The Morgan fingerprint density at radius 3 is 2.42 bits per heavy atom. The SMILES string of the molecule is CC(C)(C)CNC(=O)N1CCN(C(=O)Cc2c[nH]c3ccccc23)CC1. The number of amides is 3. The number of benzene rings is 1. The molecule has 1 fully saturated rings. The minimum atomic E-state index is -0.0383. The number of rotatable bonds is 3. The lowest BCUT2D eigenvalue weighted by atomic mass is 9.97. The summed E-state index contributed by atoms with van der Waals surface area (Å²) in [5.74, 6) is 0.115. The first kappa shape index (κ1) is 18.3. The second kappa shape index (κ2) is 7.40. The largest absolute Gasteiger partial charge is 0.361 e. The van der Waals surface area contributed by atoms with E-state index in [1.165, 1.54) is 0 Å². The van der Waals surface area contributed by atoms with Crippen molar-refractivity contribution in [2.75, 3.05) is 32.7 Å². The summed E-state index contributed by atoms with van der Waals surface area (Å²) < 4.78 is 0. The molecule has 2 heterocycles. The van der Waals surface area contributed by atoms with Crippen molar-refractivity contribution < 1.29 is 9.59 Å². The summed E-state index contributed by atoms with van der Waals surface area (Å²) in [7, 11) is 0. The topological polar surface area (TPSA) is 68.4 Å². The summed E-state index contributed by atoms with van der Waals surface area (Å²) in [6, 6.07) is 7.97. The number of H-pyrrole nitrogens is 1. The van der Waals surface area contributed by atoms with Gasteiger partial charge in [0, 0.05) is 49.8 Å². The van der Waals surface area contributed by atoms with E-state index < -0.39 is 0 Å². The number of hydrogen-bond donors (Lipinski definition) is 2. The summed E-state index contributed by atoms with van der Waals surface area (Å²) in [5.41, 5.74) is 2.14. The second-order valence-corrected chi connectivity index (χ2v) is 8.12. The molecule has 0 bridgehead atoms. The van der Waals surface area contributed by atoms with E-state index in [4.69, 9.17) is 0 Å². The quantitative estimate of drug-likeness (QED) is 0.888. The third-order valence-corrected chi connectivity index (χ3v) is 4.71. The number of nitrogens with zero attached hydrogens (tertiary/aromatic N) is 2. The summed E-state index contributed by atoms with van der Waals surface area (Å²) in [6.07, 6.45) is 2.30. The van der Waals surface area contributed by atoms with E-state index in [2.05, 4.69) is 31.1 Å². The van der Waals surface area contributed by atoms with Crippen LogP contribution in [0.25, 0.3) is 10.9 Å². The van der Waals surface area contributed by atoms with Crippen LogP contribution < -0.4 is 5.32 Å². The van der Waals surface area contributed by atoms with Gasteiger partial charge in [0.1, 0.15) is 0 Å². The second-order valence-electron chi connectivity index (χ2n) is 8.12. The zero-order valence-electron chi connectivity index (χ0n) is 15.8. The van der Waals surface area contributed by atoms with Crippen LogP contribution in [0.15, 0.2) is 30.5 Å². The summed E-state index contributed by atoms with van der Waals surface area (Å²) >= 11 is 0. The maximum absolute atomic E-state index is 12.6. The molecule has 1 aromatic carbocycles. The molecule has 3 rings (SSSR count). The number of para-hydroxylation sites is 1. The fourth-order valence-electron chi connectivity index (χ4n) is 3.16. The van der Waals surface area contributed by atoms with Gasteiger partial charge in [0.25, 0.3) is 0 Å². The highest BCUT2D eigenvalue weighted by Crippen LogP contribution is 2.19. The molecule has 1 saturated heterocycles. The fraction of sp³-hybridized carbons (Fsp3) is 0.500. The lowest BCUT2D eigenvalue weighted by Gasteiger charge is -2.35. The van der Waals surface area contributed by atoms with Gasteiger partial charge in [0.2, 0.25) is 5.91 Å². The minimum absolute atomic E-state index is 0.0383. The van der Waals surface area contributed by atoms with Crippen LogP contribution in [0.4, 0.5) is 4.79 Å². The highest BCUT2D eigenvalue weighted by molar-refractivity contribution is 5.89. The molecule has 3 amide bonds. The number of urea groups is 1. The zero-order valence-corrected chi connectivity index (χ0v) is 15.8. The van der Waals surface area contributed by atoms with Gasteiger partial charge in [-0.05, 0) is 17.0 Å². The molecule has 1 aromatic heterocycles. The number of aromatic nitrogens is 1. The number of carbonyl (C=O) groups is 2. The van der Waals surface area contributed by atoms with E-state index in [9.17, 15) is 9.59 Å². The molecule has 0 radical (unpaired) electrons. The van der Waals surface area contributed by atoms with Gasteiger partial charge in [-0.1, -0.05) is 39.0 Å². The van der Waals surface area contributed by atoms with E-state index in [1.54, 1.807) is 4.90 Å². The lowest BCUT2D eigenvalue weighted by Crippen LogP contribution is -2.54. The molecule has 2 aromatic rings. The van der Waals surface area contributed by atoms with E-state index in [0.717, 1.165) is 16.5 Å². The first-order valence-electron chi connectivity index (χ1n) is 9.19. The molecule has 2 N–H and O–H groups in total. The monoisotopic (exact) mass is 356 g/mol. The number of fused-ring (bicyclic) bond motifs is 1. The van der Waals surface area contributed by atoms with Crippen LogP contribution in [0.5, 0.6) is 0 Å². The van der Waals surface area contributed by atoms with Crippen molar-refractivity contribution in [1.29, 1.82) is 0 Å². The molecule has 0 spiro atoms. The molecule has 1 aliphatic rings. The Hall–Kier alpha value is -2.50. The Morgan fingerprint density at radius 1 is 1.08 bits per heavy atom. The first-order valence-corrected chi connectivity index (χ1v) is 9.19. The molecule has 26 heavy (non-hydrogen) atoms. The predicted molar refractivity (Wildman–Crippen MR) is 103 cm³/mol. The van der Waals surface area contributed by atoms with Gasteiger partial charge in [0.15, 0.2) is 0 Å². The Bertz CT molecular complexity index is 782. The summed E-state index contributed by atoms with van der Waals surface area (Å²) in [6.45, 7) is 9.25. The standard InChI is InChI=1S/C20H28N4O2/c1-20(2,3)14-22-19(26)24-10-8-23(9-11-24)18(25)12-15-13-21-17-7-5-4-6-16(15)17/h4-7,13,21H,8-12,14H2,1-3H3,(H,22,26). The van der Waals surface area contributed by atoms with Crippen molar-refractivity contribution in [3.05, 3.63) is 36.0 Å². The third-order valence-electron chi connectivity index (χ3n) is 4.71. The van der Waals surface area contributed by atoms with Crippen LogP contribution in [0.1, 0.15) is 26.3 Å². The van der Waals surface area contributed by atoms with Gasteiger partial charge in [-0.15, -0.1) is 0 Å². The number of aromatic amines is 1. The minimum Gasteiger partial charge on any atom is -0.361 e. The fourth-order valence-corrected chi connectivity index (χ4v) is 3.16. The highest BCUT2D eigenvalue weighted by atomic mass is 16.2. The average Bonchev–Trinajstić information content (AvgIpc) is 3.02. The number of carbonyl (C=O) groups excluding carboxylic acids is 2. The molecule has 1 aliphatic heterocycles. The van der Waals surface area contributed by atoms with Crippen LogP contribution >= 0.6 is 0 Å². The Kier molecular flexibility index (Phi) is 5.20. The zero-order chi connectivity index (χ0) is 18.7. The van der Waals surface area contributed by atoms with Crippen molar-refractivity contribution >= 4 is 22.8 Å².